The van der Waals surface area contributed by atoms with Crippen molar-refractivity contribution >= 4 is 14.0 Å². The third kappa shape index (κ3) is 3.53. The van der Waals surface area contributed by atoms with E-state index in [1.54, 1.807) is 21.3 Å². The SMILES string of the molecule is CCOc1ccc([Si](OC)(OC)OCOC)cc1. The molecule has 0 fully saturated rings. The monoisotopic (exact) mass is 272 g/mol. The molecular weight excluding hydrogens is 252 g/mol. The van der Waals surface area contributed by atoms with Gasteiger partial charge in [0.25, 0.3) is 0 Å². The molecule has 0 N–H and O–H groups in total. The second-order valence-electron chi connectivity index (χ2n) is 3.47. The number of ether oxygens (including phenoxy) is 2. The summed E-state index contributed by atoms with van der Waals surface area (Å²) in [7, 11) is 1.83. The first kappa shape index (κ1) is 15.1. The predicted octanol–water partition coefficient (Wildman–Crippen LogP) is 1.14. The maximum Gasteiger partial charge on any atom is 0.538 e. The largest absolute Gasteiger partial charge is 0.538 e. The van der Waals surface area contributed by atoms with Crippen molar-refractivity contribution in [3.8, 4) is 5.75 Å². The van der Waals surface area contributed by atoms with Crippen molar-refractivity contribution in [2.45, 2.75) is 6.92 Å². The van der Waals surface area contributed by atoms with Crippen LogP contribution in [0.4, 0.5) is 0 Å². The Hall–Kier alpha value is -0.923. The molecule has 0 aliphatic carbocycles. The summed E-state index contributed by atoms with van der Waals surface area (Å²) in [5.41, 5.74) is 0. The van der Waals surface area contributed by atoms with Crippen molar-refractivity contribution in [2.24, 2.45) is 0 Å². The van der Waals surface area contributed by atoms with Crippen LogP contribution in [0.1, 0.15) is 6.92 Å². The molecule has 1 aromatic carbocycles. The van der Waals surface area contributed by atoms with E-state index in [0.29, 0.717) is 6.61 Å². The average molecular weight is 272 g/mol. The van der Waals surface area contributed by atoms with Gasteiger partial charge in [0.1, 0.15) is 12.5 Å². The maximum absolute atomic E-state index is 5.59. The molecule has 102 valence electrons. The molecule has 0 bridgehead atoms. The first-order valence-corrected chi connectivity index (χ1v) is 7.41. The molecule has 0 saturated carbocycles. The summed E-state index contributed by atoms with van der Waals surface area (Å²) in [6.45, 7) is 2.71. The summed E-state index contributed by atoms with van der Waals surface area (Å²) in [6, 6.07) is 7.52. The van der Waals surface area contributed by atoms with Gasteiger partial charge in [0.05, 0.1) is 6.61 Å². The van der Waals surface area contributed by atoms with Gasteiger partial charge in [0.15, 0.2) is 0 Å². The van der Waals surface area contributed by atoms with Crippen LogP contribution in [0.25, 0.3) is 0 Å². The van der Waals surface area contributed by atoms with Gasteiger partial charge in [-0.2, -0.15) is 0 Å². The summed E-state index contributed by atoms with van der Waals surface area (Å²) >= 11 is 0. The van der Waals surface area contributed by atoms with E-state index in [1.165, 1.54) is 0 Å². The van der Waals surface area contributed by atoms with Gasteiger partial charge in [-0.05, 0) is 19.1 Å². The second-order valence-corrected chi connectivity index (χ2v) is 6.27. The summed E-state index contributed by atoms with van der Waals surface area (Å²) in [5, 5.41) is 0.869. The van der Waals surface area contributed by atoms with Gasteiger partial charge >= 0.3 is 8.80 Å². The Morgan fingerprint density at radius 2 is 1.61 bits per heavy atom. The van der Waals surface area contributed by atoms with Crippen molar-refractivity contribution in [1.82, 2.24) is 0 Å². The predicted molar refractivity (Wildman–Crippen MR) is 70.0 cm³/mol. The number of methoxy groups -OCH3 is 1. The fourth-order valence-electron chi connectivity index (χ4n) is 1.58. The Kier molecular flexibility index (Phi) is 6.30. The lowest BCUT2D eigenvalue weighted by molar-refractivity contribution is -0.00353. The van der Waals surface area contributed by atoms with Crippen LogP contribution in [-0.4, -0.2) is 43.5 Å². The molecule has 18 heavy (non-hydrogen) atoms. The van der Waals surface area contributed by atoms with Gasteiger partial charge in [-0.1, -0.05) is 12.1 Å². The summed E-state index contributed by atoms with van der Waals surface area (Å²) in [6.07, 6.45) is 0. The minimum absolute atomic E-state index is 0.126. The lowest BCUT2D eigenvalue weighted by Crippen LogP contribution is -2.55. The van der Waals surface area contributed by atoms with Gasteiger partial charge in [-0.15, -0.1) is 0 Å². The minimum atomic E-state index is -2.87. The Balaban J connectivity index is 2.90. The molecular formula is C12H20O5Si. The lowest BCUT2D eigenvalue weighted by atomic mass is 10.3. The first-order valence-electron chi connectivity index (χ1n) is 5.69. The smallest absolute Gasteiger partial charge is 0.494 e. The molecule has 1 aromatic rings. The molecule has 0 amide bonds. The Bertz CT molecular complexity index is 337. The normalized spacial score (nSPS) is 11.6. The fraction of sp³-hybridized carbons (Fsp3) is 0.500. The highest BCUT2D eigenvalue weighted by Gasteiger charge is 2.42. The fourth-order valence-corrected chi connectivity index (χ4v) is 3.47. The van der Waals surface area contributed by atoms with Crippen LogP contribution in [0.3, 0.4) is 0 Å². The van der Waals surface area contributed by atoms with Gasteiger partial charge in [0, 0.05) is 26.5 Å². The molecule has 1 rings (SSSR count). The van der Waals surface area contributed by atoms with Crippen LogP contribution in [0.5, 0.6) is 5.75 Å². The van der Waals surface area contributed by atoms with Gasteiger partial charge in [-0.25, -0.2) is 0 Å². The number of hydrogen-bond acceptors (Lipinski definition) is 5. The zero-order chi connectivity index (χ0) is 13.4. The molecule has 5 nitrogen and oxygen atoms in total. The van der Waals surface area contributed by atoms with Crippen molar-refractivity contribution in [1.29, 1.82) is 0 Å². The maximum atomic E-state index is 5.59. The Morgan fingerprint density at radius 1 is 1.00 bits per heavy atom. The average Bonchev–Trinajstić information content (AvgIpc) is 2.42. The molecule has 0 saturated heterocycles. The number of hydrogen-bond donors (Lipinski definition) is 0. The molecule has 0 unspecified atom stereocenters. The number of rotatable bonds is 8. The van der Waals surface area contributed by atoms with Crippen LogP contribution in [-0.2, 0) is 18.0 Å². The Morgan fingerprint density at radius 3 is 2.06 bits per heavy atom. The molecule has 0 atom stereocenters. The molecule has 0 aromatic heterocycles. The van der Waals surface area contributed by atoms with Gasteiger partial charge in [-0.3, -0.25) is 0 Å². The first-order chi connectivity index (χ1) is 8.72. The summed E-state index contributed by atoms with van der Waals surface area (Å²) in [4.78, 5) is 0. The molecule has 0 spiro atoms. The lowest BCUT2D eigenvalue weighted by Gasteiger charge is -2.26. The van der Waals surface area contributed by atoms with Crippen molar-refractivity contribution in [3.63, 3.8) is 0 Å². The van der Waals surface area contributed by atoms with Crippen molar-refractivity contribution in [2.75, 3.05) is 34.7 Å². The van der Waals surface area contributed by atoms with Crippen molar-refractivity contribution in [3.05, 3.63) is 24.3 Å². The third-order valence-electron chi connectivity index (χ3n) is 2.42. The molecule has 0 radical (unpaired) electrons. The van der Waals surface area contributed by atoms with E-state index in [2.05, 4.69) is 0 Å². The molecule has 0 aliphatic rings. The van der Waals surface area contributed by atoms with E-state index in [1.807, 2.05) is 31.2 Å². The van der Waals surface area contributed by atoms with Crippen LogP contribution in [0.2, 0.25) is 0 Å². The topological polar surface area (TPSA) is 46.2 Å². The third-order valence-corrected chi connectivity index (χ3v) is 5.04. The van der Waals surface area contributed by atoms with Crippen LogP contribution >= 0.6 is 0 Å². The summed E-state index contributed by atoms with van der Waals surface area (Å²) in [5.74, 6) is 0.808. The molecule has 6 heteroatoms. The van der Waals surface area contributed by atoms with Crippen LogP contribution in [0, 0.1) is 0 Å². The van der Waals surface area contributed by atoms with E-state index in [9.17, 15) is 0 Å². The second kappa shape index (κ2) is 7.50. The van der Waals surface area contributed by atoms with Gasteiger partial charge in [0.2, 0.25) is 0 Å². The van der Waals surface area contributed by atoms with Crippen LogP contribution < -0.4 is 9.92 Å². The zero-order valence-electron chi connectivity index (χ0n) is 11.3. The minimum Gasteiger partial charge on any atom is -0.494 e. The standard InChI is InChI=1S/C12H20O5Si/c1-5-16-11-6-8-12(9-7-11)18(14-3,15-4)17-10-13-2/h6-9H,5,10H2,1-4H3. The van der Waals surface area contributed by atoms with Crippen LogP contribution in [0.15, 0.2) is 24.3 Å². The van der Waals surface area contributed by atoms with E-state index in [4.69, 9.17) is 22.8 Å². The Labute approximate surface area is 109 Å². The van der Waals surface area contributed by atoms with Crippen molar-refractivity contribution < 1.29 is 22.8 Å². The van der Waals surface area contributed by atoms with E-state index in [-0.39, 0.29) is 6.79 Å². The van der Waals surface area contributed by atoms with E-state index >= 15 is 0 Å². The highest BCUT2D eigenvalue weighted by Crippen LogP contribution is 2.13. The summed E-state index contributed by atoms with van der Waals surface area (Å²) < 4.78 is 26.8. The van der Waals surface area contributed by atoms with E-state index < -0.39 is 8.80 Å². The number of benzene rings is 1. The zero-order valence-corrected chi connectivity index (χ0v) is 12.3. The molecule has 0 heterocycles. The molecule has 0 aliphatic heterocycles. The quantitative estimate of drug-likeness (QED) is 0.525. The van der Waals surface area contributed by atoms with E-state index in [0.717, 1.165) is 10.9 Å². The highest BCUT2D eigenvalue weighted by molar-refractivity contribution is 6.75. The van der Waals surface area contributed by atoms with Gasteiger partial charge < -0.3 is 22.8 Å². The highest BCUT2D eigenvalue weighted by atomic mass is 28.4.